The average Bonchev–Trinajstić information content (AvgIpc) is 3.16. The lowest BCUT2D eigenvalue weighted by atomic mass is 10.1. The molecule has 0 amide bonds. The third-order valence-electron chi connectivity index (χ3n) is 4.45. The molecule has 0 saturated carbocycles. The SMILES string of the molecule is COc1ccc(Cl)cc1-n1c(SCc2ccccc2C)nc2[nH]ncc2c1=O. The van der Waals surface area contributed by atoms with E-state index >= 15 is 0 Å². The Balaban J connectivity index is 1.88. The summed E-state index contributed by atoms with van der Waals surface area (Å²) in [5.41, 5.74) is 3.13. The van der Waals surface area contributed by atoms with Crippen LogP contribution in [-0.4, -0.2) is 26.9 Å². The zero-order chi connectivity index (χ0) is 19.7. The van der Waals surface area contributed by atoms with Crippen LogP contribution in [0.1, 0.15) is 11.1 Å². The maximum absolute atomic E-state index is 13.2. The molecule has 2 heterocycles. The second-order valence-electron chi connectivity index (χ2n) is 6.20. The highest BCUT2D eigenvalue weighted by Crippen LogP contribution is 2.31. The fourth-order valence-electron chi connectivity index (χ4n) is 2.94. The lowest BCUT2D eigenvalue weighted by Gasteiger charge is -2.15. The number of nitrogens with one attached hydrogen (secondary N) is 1. The summed E-state index contributed by atoms with van der Waals surface area (Å²) in [5, 5.41) is 8.19. The number of aromatic amines is 1. The van der Waals surface area contributed by atoms with Crippen LogP contribution in [0.5, 0.6) is 5.75 Å². The summed E-state index contributed by atoms with van der Waals surface area (Å²) in [5.74, 6) is 1.20. The third kappa shape index (κ3) is 3.39. The normalized spacial score (nSPS) is 11.1. The Bertz CT molecular complexity index is 1220. The summed E-state index contributed by atoms with van der Waals surface area (Å²) >= 11 is 7.67. The van der Waals surface area contributed by atoms with E-state index in [9.17, 15) is 4.79 Å². The summed E-state index contributed by atoms with van der Waals surface area (Å²) in [6.07, 6.45) is 1.48. The Morgan fingerprint density at radius 3 is 2.86 bits per heavy atom. The van der Waals surface area contributed by atoms with Crippen molar-refractivity contribution in [3.05, 3.63) is 75.2 Å². The van der Waals surface area contributed by atoms with E-state index in [2.05, 4.69) is 34.2 Å². The van der Waals surface area contributed by atoms with Gasteiger partial charge in [0.2, 0.25) is 0 Å². The van der Waals surface area contributed by atoms with Gasteiger partial charge in [-0.05, 0) is 36.2 Å². The number of halogens is 1. The van der Waals surface area contributed by atoms with E-state index in [4.69, 9.17) is 16.3 Å². The number of hydrogen-bond donors (Lipinski definition) is 1. The molecule has 0 fully saturated rings. The first kappa shape index (κ1) is 18.6. The number of thioether (sulfide) groups is 1. The Kier molecular flexibility index (Phi) is 5.11. The highest BCUT2D eigenvalue weighted by molar-refractivity contribution is 7.98. The van der Waals surface area contributed by atoms with Crippen LogP contribution < -0.4 is 10.3 Å². The van der Waals surface area contributed by atoms with E-state index in [0.29, 0.717) is 38.4 Å². The Hall–Kier alpha value is -2.77. The van der Waals surface area contributed by atoms with Gasteiger partial charge >= 0.3 is 0 Å². The summed E-state index contributed by atoms with van der Waals surface area (Å²) in [6, 6.07) is 13.3. The van der Waals surface area contributed by atoms with Gasteiger partial charge in [-0.2, -0.15) is 5.10 Å². The minimum atomic E-state index is -0.230. The molecule has 0 aliphatic rings. The van der Waals surface area contributed by atoms with Gasteiger partial charge < -0.3 is 4.74 Å². The molecule has 6 nitrogen and oxygen atoms in total. The summed E-state index contributed by atoms with van der Waals surface area (Å²) in [4.78, 5) is 17.9. The highest BCUT2D eigenvalue weighted by Gasteiger charge is 2.18. The first-order valence-electron chi connectivity index (χ1n) is 8.56. The number of aromatic nitrogens is 4. The molecule has 0 atom stereocenters. The summed E-state index contributed by atoms with van der Waals surface area (Å²) < 4.78 is 6.99. The van der Waals surface area contributed by atoms with Crippen LogP contribution in [0.3, 0.4) is 0 Å². The quantitative estimate of drug-likeness (QED) is 0.389. The number of methoxy groups -OCH3 is 1. The van der Waals surface area contributed by atoms with Crippen molar-refractivity contribution in [3.8, 4) is 11.4 Å². The Morgan fingerprint density at radius 1 is 1.25 bits per heavy atom. The largest absolute Gasteiger partial charge is 0.495 e. The number of benzene rings is 2. The molecule has 4 rings (SSSR count). The van der Waals surface area contributed by atoms with Gasteiger partial charge in [0.15, 0.2) is 10.8 Å². The van der Waals surface area contributed by atoms with Crippen LogP contribution in [0, 0.1) is 6.92 Å². The van der Waals surface area contributed by atoms with Gasteiger partial charge in [0, 0.05) is 10.8 Å². The molecule has 0 saturated heterocycles. The van der Waals surface area contributed by atoms with Crippen LogP contribution in [0.15, 0.2) is 58.6 Å². The first-order valence-corrected chi connectivity index (χ1v) is 9.92. The van der Waals surface area contributed by atoms with E-state index in [1.807, 2.05) is 12.1 Å². The molecular weight excluding hydrogens is 396 g/mol. The molecule has 2 aromatic carbocycles. The van der Waals surface area contributed by atoms with E-state index in [-0.39, 0.29) is 5.56 Å². The molecule has 0 spiro atoms. The summed E-state index contributed by atoms with van der Waals surface area (Å²) in [6.45, 7) is 2.06. The van der Waals surface area contributed by atoms with Crippen LogP contribution in [0.25, 0.3) is 16.7 Å². The van der Waals surface area contributed by atoms with Crippen LogP contribution in [0.2, 0.25) is 5.02 Å². The molecule has 0 bridgehead atoms. The van der Waals surface area contributed by atoms with Crippen molar-refractivity contribution >= 4 is 34.4 Å². The molecule has 0 aliphatic heterocycles. The van der Waals surface area contributed by atoms with Gasteiger partial charge in [0.1, 0.15) is 11.1 Å². The number of ether oxygens (including phenoxy) is 1. The second-order valence-corrected chi connectivity index (χ2v) is 7.58. The number of nitrogens with zero attached hydrogens (tertiary/aromatic N) is 3. The van der Waals surface area contributed by atoms with Crippen molar-refractivity contribution in [3.63, 3.8) is 0 Å². The van der Waals surface area contributed by atoms with Gasteiger partial charge in [0.05, 0.1) is 19.0 Å². The van der Waals surface area contributed by atoms with Gasteiger partial charge in [-0.25, -0.2) is 4.98 Å². The third-order valence-corrected chi connectivity index (χ3v) is 5.67. The van der Waals surface area contributed by atoms with Crippen LogP contribution >= 0.6 is 23.4 Å². The Morgan fingerprint density at radius 2 is 2.07 bits per heavy atom. The van der Waals surface area contributed by atoms with Gasteiger partial charge in [-0.1, -0.05) is 47.6 Å². The predicted octanol–water partition coefficient (Wildman–Crippen LogP) is 4.37. The average molecular weight is 413 g/mol. The van der Waals surface area contributed by atoms with E-state index < -0.39 is 0 Å². The molecule has 142 valence electrons. The van der Waals surface area contributed by atoms with Gasteiger partial charge in [0.25, 0.3) is 5.56 Å². The maximum atomic E-state index is 13.2. The zero-order valence-electron chi connectivity index (χ0n) is 15.3. The van der Waals surface area contributed by atoms with Crippen molar-refractivity contribution < 1.29 is 4.74 Å². The van der Waals surface area contributed by atoms with Crippen molar-refractivity contribution in [2.75, 3.05) is 7.11 Å². The smallest absolute Gasteiger partial charge is 0.270 e. The number of aryl methyl sites for hydroxylation is 1. The molecular formula is C20H17ClN4O2S. The van der Waals surface area contributed by atoms with E-state index in [0.717, 1.165) is 0 Å². The first-order chi connectivity index (χ1) is 13.6. The second kappa shape index (κ2) is 7.69. The van der Waals surface area contributed by atoms with Crippen molar-refractivity contribution in [2.24, 2.45) is 0 Å². The standard InChI is InChI=1S/C20H17ClN4O2S/c1-12-5-3-4-6-13(12)11-28-20-23-18-15(10-22-24-18)19(26)25(20)16-9-14(21)7-8-17(16)27-2/h3-10H,11H2,1-2H3,(H,22,24). The molecule has 28 heavy (non-hydrogen) atoms. The molecule has 0 aliphatic carbocycles. The van der Waals surface area contributed by atoms with Crippen molar-refractivity contribution in [1.82, 2.24) is 19.7 Å². The minimum Gasteiger partial charge on any atom is -0.495 e. The fraction of sp³-hybridized carbons (Fsp3) is 0.150. The monoisotopic (exact) mass is 412 g/mol. The highest BCUT2D eigenvalue weighted by atomic mass is 35.5. The molecule has 0 radical (unpaired) electrons. The van der Waals surface area contributed by atoms with E-state index in [1.165, 1.54) is 33.7 Å². The fourth-order valence-corrected chi connectivity index (χ4v) is 4.18. The lowest BCUT2D eigenvalue weighted by Crippen LogP contribution is -2.22. The number of rotatable bonds is 5. The number of fused-ring (bicyclic) bond motifs is 1. The molecule has 4 aromatic rings. The Labute approximate surface area is 170 Å². The number of hydrogen-bond acceptors (Lipinski definition) is 5. The minimum absolute atomic E-state index is 0.230. The van der Waals surface area contributed by atoms with E-state index in [1.54, 1.807) is 25.3 Å². The van der Waals surface area contributed by atoms with Crippen LogP contribution in [-0.2, 0) is 5.75 Å². The van der Waals surface area contributed by atoms with Crippen molar-refractivity contribution in [1.29, 1.82) is 0 Å². The molecule has 0 unspecified atom stereocenters. The van der Waals surface area contributed by atoms with Gasteiger partial charge in [-0.15, -0.1) is 0 Å². The lowest BCUT2D eigenvalue weighted by molar-refractivity contribution is 0.411. The topological polar surface area (TPSA) is 72.8 Å². The number of H-pyrrole nitrogens is 1. The molecule has 8 heteroatoms. The zero-order valence-corrected chi connectivity index (χ0v) is 16.8. The predicted molar refractivity (Wildman–Crippen MR) is 112 cm³/mol. The maximum Gasteiger partial charge on any atom is 0.270 e. The van der Waals surface area contributed by atoms with Crippen molar-refractivity contribution in [2.45, 2.75) is 17.8 Å². The van der Waals surface area contributed by atoms with Gasteiger partial charge in [-0.3, -0.25) is 14.5 Å². The summed E-state index contributed by atoms with van der Waals surface area (Å²) in [7, 11) is 1.56. The molecule has 1 N–H and O–H groups in total. The molecule has 2 aromatic heterocycles. The van der Waals surface area contributed by atoms with Crippen LogP contribution in [0.4, 0.5) is 0 Å².